The van der Waals surface area contributed by atoms with Gasteiger partial charge in [0.15, 0.2) is 0 Å². The molecule has 0 radical (unpaired) electrons. The second-order valence-electron chi connectivity index (χ2n) is 10.8. The summed E-state index contributed by atoms with van der Waals surface area (Å²) >= 11 is 6.42. The first kappa shape index (κ1) is 32.2. The Kier molecular flexibility index (Phi) is 12.8. The van der Waals surface area contributed by atoms with Crippen molar-refractivity contribution in [1.82, 2.24) is 10.2 Å². The van der Waals surface area contributed by atoms with Gasteiger partial charge in [0, 0.05) is 6.54 Å². The standard InChI is InChI=1S/C31H44ClN3O4/c1-7-9-10-11-12-20-35(26(36)21-33-30(38)39-31(4,5)6)28(24-18-16-23(8-2)17-19-24)29(37)34-27-22(3)14-13-15-25(27)32/h13-19,28H,7-12,20-21H2,1-6H3,(H,33,38)(H,34,37). The van der Waals surface area contributed by atoms with Gasteiger partial charge in [-0.1, -0.05) is 87.5 Å². The van der Waals surface area contributed by atoms with Crippen LogP contribution in [0, 0.1) is 6.92 Å². The minimum absolute atomic E-state index is 0.286. The Morgan fingerprint density at radius 1 is 0.974 bits per heavy atom. The molecule has 1 unspecified atom stereocenters. The van der Waals surface area contributed by atoms with Crippen molar-refractivity contribution in [2.24, 2.45) is 0 Å². The number of nitrogens with one attached hydrogen (secondary N) is 2. The van der Waals surface area contributed by atoms with E-state index < -0.39 is 17.7 Å². The monoisotopic (exact) mass is 557 g/mol. The normalized spacial score (nSPS) is 12.0. The number of amides is 3. The third kappa shape index (κ3) is 10.6. The lowest BCUT2D eigenvalue weighted by Crippen LogP contribution is -2.47. The van der Waals surface area contributed by atoms with E-state index in [1.165, 1.54) is 0 Å². The molecule has 7 nitrogen and oxygen atoms in total. The quantitative estimate of drug-likeness (QED) is 0.255. The summed E-state index contributed by atoms with van der Waals surface area (Å²) in [5.41, 5.74) is 2.46. The number of unbranched alkanes of at least 4 members (excludes halogenated alkanes) is 4. The predicted molar refractivity (Wildman–Crippen MR) is 158 cm³/mol. The summed E-state index contributed by atoms with van der Waals surface area (Å²) in [5.74, 6) is -0.735. The van der Waals surface area contributed by atoms with Crippen LogP contribution in [0.3, 0.4) is 0 Å². The number of ether oxygens (including phenoxy) is 1. The maximum Gasteiger partial charge on any atom is 0.408 e. The van der Waals surface area contributed by atoms with Crippen molar-refractivity contribution in [2.75, 3.05) is 18.4 Å². The highest BCUT2D eigenvalue weighted by atomic mass is 35.5. The molecule has 0 heterocycles. The molecule has 1 atom stereocenters. The van der Waals surface area contributed by atoms with Crippen molar-refractivity contribution >= 4 is 35.2 Å². The van der Waals surface area contributed by atoms with Gasteiger partial charge in [-0.15, -0.1) is 0 Å². The Balaban J connectivity index is 2.41. The fourth-order valence-electron chi connectivity index (χ4n) is 4.24. The number of halogens is 1. The molecule has 0 saturated carbocycles. The molecule has 0 fully saturated rings. The lowest BCUT2D eigenvalue weighted by molar-refractivity contribution is -0.138. The number of hydrogen-bond acceptors (Lipinski definition) is 4. The average Bonchev–Trinajstić information content (AvgIpc) is 2.88. The fraction of sp³-hybridized carbons (Fsp3) is 0.516. The summed E-state index contributed by atoms with van der Waals surface area (Å²) < 4.78 is 5.30. The average molecular weight is 558 g/mol. The SMILES string of the molecule is CCCCCCCN(C(=O)CNC(=O)OC(C)(C)C)C(C(=O)Nc1c(C)cccc1Cl)c1ccc(CC)cc1. The van der Waals surface area contributed by atoms with E-state index in [0.717, 1.165) is 49.7 Å². The Labute approximate surface area is 238 Å². The fourth-order valence-corrected chi connectivity index (χ4v) is 4.51. The molecule has 0 bridgehead atoms. The number of carbonyl (C=O) groups is 3. The van der Waals surface area contributed by atoms with Gasteiger partial charge in [-0.25, -0.2) is 4.79 Å². The molecule has 0 aromatic heterocycles. The van der Waals surface area contributed by atoms with Crippen molar-refractivity contribution in [2.45, 2.75) is 91.7 Å². The van der Waals surface area contributed by atoms with E-state index in [1.54, 1.807) is 31.7 Å². The molecule has 0 aliphatic carbocycles. The molecule has 0 aliphatic heterocycles. The number of aryl methyl sites for hydroxylation is 2. The van der Waals surface area contributed by atoms with Crippen molar-refractivity contribution in [1.29, 1.82) is 0 Å². The molecule has 0 spiro atoms. The molecule has 39 heavy (non-hydrogen) atoms. The van der Waals surface area contributed by atoms with E-state index in [1.807, 2.05) is 43.3 Å². The summed E-state index contributed by atoms with van der Waals surface area (Å²) in [6.07, 6.45) is 5.12. The second-order valence-corrected chi connectivity index (χ2v) is 11.2. The first-order valence-corrected chi connectivity index (χ1v) is 14.3. The smallest absolute Gasteiger partial charge is 0.408 e. The van der Waals surface area contributed by atoms with Gasteiger partial charge in [-0.05, 0) is 63.3 Å². The zero-order valence-electron chi connectivity index (χ0n) is 24.2. The second kappa shape index (κ2) is 15.5. The van der Waals surface area contributed by atoms with Crippen LogP contribution < -0.4 is 10.6 Å². The van der Waals surface area contributed by atoms with Gasteiger partial charge < -0.3 is 20.3 Å². The van der Waals surface area contributed by atoms with Gasteiger partial charge in [-0.2, -0.15) is 0 Å². The van der Waals surface area contributed by atoms with Crippen molar-refractivity contribution in [3.63, 3.8) is 0 Å². The van der Waals surface area contributed by atoms with Crippen molar-refractivity contribution in [3.8, 4) is 0 Å². The van der Waals surface area contributed by atoms with Crippen LogP contribution in [0.25, 0.3) is 0 Å². The zero-order valence-corrected chi connectivity index (χ0v) is 25.0. The number of alkyl carbamates (subject to hydrolysis) is 1. The van der Waals surface area contributed by atoms with Gasteiger partial charge in [0.1, 0.15) is 18.2 Å². The summed E-state index contributed by atoms with van der Waals surface area (Å²) in [6.45, 7) is 11.4. The molecule has 0 saturated heterocycles. The largest absolute Gasteiger partial charge is 0.444 e. The Hall–Kier alpha value is -3.06. The van der Waals surface area contributed by atoms with E-state index in [9.17, 15) is 14.4 Å². The number of benzene rings is 2. The van der Waals surface area contributed by atoms with Gasteiger partial charge >= 0.3 is 6.09 Å². The summed E-state index contributed by atoms with van der Waals surface area (Å²) in [6, 6.07) is 12.2. The lowest BCUT2D eigenvalue weighted by Gasteiger charge is -2.32. The van der Waals surface area contributed by atoms with E-state index >= 15 is 0 Å². The van der Waals surface area contributed by atoms with Crippen LogP contribution in [0.1, 0.15) is 89.5 Å². The van der Waals surface area contributed by atoms with Gasteiger partial charge in [0.05, 0.1) is 10.7 Å². The number of rotatable bonds is 13. The highest BCUT2D eigenvalue weighted by molar-refractivity contribution is 6.34. The van der Waals surface area contributed by atoms with Crippen LogP contribution in [0.2, 0.25) is 5.02 Å². The molecule has 214 valence electrons. The molecule has 8 heteroatoms. The van der Waals surface area contributed by atoms with Crippen LogP contribution in [-0.4, -0.2) is 41.5 Å². The molecule has 2 N–H and O–H groups in total. The number of carbonyl (C=O) groups excluding carboxylic acids is 3. The first-order chi connectivity index (χ1) is 18.5. The van der Waals surface area contributed by atoms with Gasteiger partial charge in [0.2, 0.25) is 5.91 Å². The number of anilines is 1. The van der Waals surface area contributed by atoms with E-state index in [0.29, 0.717) is 22.8 Å². The van der Waals surface area contributed by atoms with Crippen molar-refractivity contribution in [3.05, 3.63) is 64.2 Å². The van der Waals surface area contributed by atoms with Gasteiger partial charge in [-0.3, -0.25) is 9.59 Å². The van der Waals surface area contributed by atoms with Crippen LogP contribution in [0.5, 0.6) is 0 Å². The molecular formula is C31H44ClN3O4. The van der Waals surface area contributed by atoms with Gasteiger partial charge in [0.25, 0.3) is 5.91 Å². The zero-order chi connectivity index (χ0) is 29.0. The number of nitrogens with zero attached hydrogens (tertiary/aromatic N) is 1. The van der Waals surface area contributed by atoms with Crippen LogP contribution >= 0.6 is 11.6 Å². The Morgan fingerprint density at radius 2 is 1.64 bits per heavy atom. The third-order valence-electron chi connectivity index (χ3n) is 6.34. The van der Waals surface area contributed by atoms with E-state index in [-0.39, 0.29) is 18.4 Å². The third-order valence-corrected chi connectivity index (χ3v) is 6.65. The predicted octanol–water partition coefficient (Wildman–Crippen LogP) is 7.21. The maximum atomic E-state index is 13.9. The molecule has 0 aliphatic rings. The molecule has 2 rings (SSSR count). The Morgan fingerprint density at radius 3 is 2.23 bits per heavy atom. The number of para-hydroxylation sites is 1. The van der Waals surface area contributed by atoms with E-state index in [4.69, 9.17) is 16.3 Å². The van der Waals surface area contributed by atoms with Crippen molar-refractivity contribution < 1.29 is 19.1 Å². The molecule has 2 aromatic rings. The maximum absolute atomic E-state index is 13.9. The molecule has 2 aromatic carbocycles. The number of hydrogen-bond donors (Lipinski definition) is 2. The minimum Gasteiger partial charge on any atom is -0.444 e. The molecule has 3 amide bonds. The summed E-state index contributed by atoms with van der Waals surface area (Å²) in [5, 5.41) is 5.95. The lowest BCUT2D eigenvalue weighted by atomic mass is 10.0. The van der Waals surface area contributed by atoms with Crippen LogP contribution in [-0.2, 0) is 20.7 Å². The highest BCUT2D eigenvalue weighted by Crippen LogP contribution is 2.29. The van der Waals surface area contributed by atoms with E-state index in [2.05, 4.69) is 24.5 Å². The van der Waals surface area contributed by atoms with Crippen LogP contribution in [0.4, 0.5) is 10.5 Å². The van der Waals surface area contributed by atoms with Crippen LogP contribution in [0.15, 0.2) is 42.5 Å². The first-order valence-electron chi connectivity index (χ1n) is 13.9. The Bertz CT molecular complexity index is 1080. The topological polar surface area (TPSA) is 87.7 Å². The summed E-state index contributed by atoms with van der Waals surface area (Å²) in [7, 11) is 0. The molecular weight excluding hydrogens is 514 g/mol. The summed E-state index contributed by atoms with van der Waals surface area (Å²) in [4.78, 5) is 41.4. The highest BCUT2D eigenvalue weighted by Gasteiger charge is 2.32. The minimum atomic E-state index is -0.911.